The fraction of sp³-hybridized carbons (Fsp3) is 0.269. The lowest BCUT2D eigenvalue weighted by atomic mass is 9.82. The molecule has 0 unspecified atom stereocenters. The molecule has 3 aromatic rings. The third kappa shape index (κ3) is 3.40. The molecule has 3 aromatic carbocycles. The zero-order valence-electron chi connectivity index (χ0n) is 17.4. The van der Waals surface area contributed by atoms with Gasteiger partial charge < -0.3 is 0 Å². The zero-order chi connectivity index (χ0) is 21.6. The van der Waals surface area contributed by atoms with E-state index < -0.39 is 0 Å². The molecule has 5 heteroatoms. The highest BCUT2D eigenvalue weighted by molar-refractivity contribution is 6.31. The number of aryl methyl sites for hydroxylation is 1. The van der Waals surface area contributed by atoms with Crippen molar-refractivity contribution in [3.63, 3.8) is 0 Å². The van der Waals surface area contributed by atoms with E-state index in [9.17, 15) is 4.79 Å². The summed E-state index contributed by atoms with van der Waals surface area (Å²) in [5.41, 5.74) is 3.81. The van der Waals surface area contributed by atoms with Crippen molar-refractivity contribution in [2.24, 2.45) is 0 Å². The number of halogens is 2. The van der Waals surface area contributed by atoms with Crippen molar-refractivity contribution in [1.82, 2.24) is 0 Å². The van der Waals surface area contributed by atoms with Crippen molar-refractivity contribution in [1.29, 1.82) is 0 Å². The van der Waals surface area contributed by atoms with E-state index in [0.717, 1.165) is 37.1 Å². The Hall–Kier alpha value is -2.49. The molecular weight excluding hydrogens is 427 g/mol. The topological polar surface area (TPSA) is 23.6 Å². The maximum atomic E-state index is 14.1. The Bertz CT molecular complexity index is 1110. The minimum Gasteiger partial charge on any atom is -0.285 e. The fourth-order valence-electron chi connectivity index (χ4n) is 5.37. The Morgan fingerprint density at radius 3 is 2.00 bits per heavy atom. The number of nitrogens with zero attached hydrogens (tertiary/aromatic N) is 2. The fourth-order valence-corrected chi connectivity index (χ4v) is 5.63. The summed E-state index contributed by atoms with van der Waals surface area (Å²) < 4.78 is 0. The van der Waals surface area contributed by atoms with Crippen LogP contribution in [0.2, 0.25) is 10.0 Å². The van der Waals surface area contributed by atoms with Gasteiger partial charge in [-0.15, -0.1) is 0 Å². The second-order valence-electron chi connectivity index (χ2n) is 8.57. The SMILES string of the molecule is Cc1cccc([C@H]2N(c3ccc(Cl)cc3)C(=O)N(c3ccc(Cl)cc3)C23CCCC3)c1. The van der Waals surface area contributed by atoms with Crippen LogP contribution in [0.15, 0.2) is 72.8 Å². The average molecular weight is 451 g/mol. The first-order valence-corrected chi connectivity index (χ1v) is 11.5. The lowest BCUT2D eigenvalue weighted by Gasteiger charge is -2.39. The second kappa shape index (κ2) is 7.89. The highest BCUT2D eigenvalue weighted by atomic mass is 35.5. The van der Waals surface area contributed by atoms with E-state index in [1.54, 1.807) is 0 Å². The number of rotatable bonds is 3. The monoisotopic (exact) mass is 450 g/mol. The van der Waals surface area contributed by atoms with Gasteiger partial charge in [0.1, 0.15) is 0 Å². The summed E-state index contributed by atoms with van der Waals surface area (Å²) >= 11 is 12.3. The summed E-state index contributed by atoms with van der Waals surface area (Å²) in [5, 5.41) is 1.33. The van der Waals surface area contributed by atoms with Crippen LogP contribution in [0.3, 0.4) is 0 Å². The van der Waals surface area contributed by atoms with Gasteiger partial charge in [-0.1, -0.05) is 65.9 Å². The number of urea groups is 1. The average Bonchev–Trinajstić information content (AvgIpc) is 3.33. The standard InChI is InChI=1S/C26H24Cl2N2O/c1-18-5-4-6-19(17-18)24-26(15-2-3-16-26)30(23-13-9-21(28)10-14-23)25(31)29(24)22-11-7-20(27)8-12-22/h4-14,17,24H,2-3,15-16H2,1H3/t24-/m1/s1. The highest BCUT2D eigenvalue weighted by Gasteiger charge is 2.59. The van der Waals surface area contributed by atoms with Crippen LogP contribution in [-0.2, 0) is 0 Å². The number of carbonyl (C=O) groups excluding carboxylic acids is 1. The van der Waals surface area contributed by atoms with E-state index >= 15 is 0 Å². The van der Waals surface area contributed by atoms with Crippen LogP contribution in [-0.4, -0.2) is 11.6 Å². The van der Waals surface area contributed by atoms with Crippen LogP contribution in [0, 0.1) is 6.92 Å². The molecule has 1 aliphatic heterocycles. The molecule has 1 heterocycles. The maximum Gasteiger partial charge on any atom is 0.330 e. The molecule has 0 radical (unpaired) electrons. The molecule has 0 N–H and O–H groups in total. The summed E-state index contributed by atoms with van der Waals surface area (Å²) in [7, 11) is 0. The first kappa shape index (κ1) is 20.4. The van der Waals surface area contributed by atoms with Gasteiger partial charge in [-0.2, -0.15) is 0 Å². The molecule has 1 saturated heterocycles. The number of anilines is 2. The van der Waals surface area contributed by atoms with Crippen LogP contribution in [0.1, 0.15) is 42.9 Å². The summed E-state index contributed by atoms with van der Waals surface area (Å²) in [4.78, 5) is 18.1. The van der Waals surface area contributed by atoms with Gasteiger partial charge in [-0.3, -0.25) is 9.80 Å². The summed E-state index contributed by atoms with van der Waals surface area (Å²) in [6.45, 7) is 2.10. The number of carbonyl (C=O) groups is 1. The minimum atomic E-state index is -0.307. The van der Waals surface area contributed by atoms with Crippen molar-refractivity contribution >= 4 is 40.6 Å². The molecule has 1 aliphatic carbocycles. The molecule has 1 atom stereocenters. The Morgan fingerprint density at radius 1 is 0.839 bits per heavy atom. The van der Waals surface area contributed by atoms with Crippen LogP contribution in [0.5, 0.6) is 0 Å². The Morgan fingerprint density at radius 2 is 1.42 bits per heavy atom. The molecular formula is C26H24Cl2N2O. The normalized spacial score (nSPS) is 20.1. The molecule has 2 amide bonds. The first-order valence-electron chi connectivity index (χ1n) is 10.7. The van der Waals surface area contributed by atoms with Gasteiger partial charge in [0.15, 0.2) is 0 Å². The van der Waals surface area contributed by atoms with E-state index in [-0.39, 0.29) is 17.6 Å². The van der Waals surface area contributed by atoms with Crippen molar-refractivity contribution < 1.29 is 4.79 Å². The Balaban J connectivity index is 1.73. The van der Waals surface area contributed by atoms with Gasteiger partial charge in [-0.25, -0.2) is 4.79 Å². The number of hydrogen-bond donors (Lipinski definition) is 0. The van der Waals surface area contributed by atoms with E-state index in [2.05, 4.69) is 31.2 Å². The quantitative estimate of drug-likeness (QED) is 0.399. The van der Waals surface area contributed by atoms with E-state index in [1.807, 2.05) is 58.3 Å². The molecule has 3 nitrogen and oxygen atoms in total. The predicted octanol–water partition coefficient (Wildman–Crippen LogP) is 7.80. The molecule has 2 aliphatic rings. The van der Waals surface area contributed by atoms with Crippen LogP contribution in [0.4, 0.5) is 16.2 Å². The van der Waals surface area contributed by atoms with Gasteiger partial charge in [0.2, 0.25) is 0 Å². The van der Waals surface area contributed by atoms with Crippen molar-refractivity contribution in [2.75, 3.05) is 9.80 Å². The maximum absolute atomic E-state index is 14.1. The van der Waals surface area contributed by atoms with Gasteiger partial charge in [0, 0.05) is 21.4 Å². The summed E-state index contributed by atoms with van der Waals surface area (Å²) in [6, 6.07) is 23.7. The Kier molecular flexibility index (Phi) is 5.19. The molecule has 1 spiro atoms. The second-order valence-corrected chi connectivity index (χ2v) is 9.44. The molecule has 5 rings (SSSR count). The van der Waals surface area contributed by atoms with E-state index in [1.165, 1.54) is 11.1 Å². The summed E-state index contributed by atoms with van der Waals surface area (Å²) in [5.74, 6) is 0. The molecule has 0 bridgehead atoms. The first-order chi connectivity index (χ1) is 15.0. The van der Waals surface area contributed by atoms with Gasteiger partial charge in [0.25, 0.3) is 0 Å². The lowest BCUT2D eigenvalue weighted by Crippen LogP contribution is -2.46. The molecule has 158 valence electrons. The number of benzene rings is 3. The van der Waals surface area contributed by atoms with Crippen molar-refractivity contribution in [3.8, 4) is 0 Å². The highest BCUT2D eigenvalue weighted by Crippen LogP contribution is 2.55. The zero-order valence-corrected chi connectivity index (χ0v) is 18.9. The van der Waals surface area contributed by atoms with Crippen LogP contribution in [0.25, 0.3) is 0 Å². The van der Waals surface area contributed by atoms with E-state index in [0.29, 0.717) is 10.0 Å². The third-order valence-electron chi connectivity index (χ3n) is 6.63. The number of amides is 2. The molecule has 2 fully saturated rings. The smallest absolute Gasteiger partial charge is 0.285 e. The van der Waals surface area contributed by atoms with Crippen molar-refractivity contribution in [3.05, 3.63) is 94.0 Å². The molecule has 31 heavy (non-hydrogen) atoms. The summed E-state index contributed by atoms with van der Waals surface area (Å²) in [6.07, 6.45) is 4.14. The van der Waals surface area contributed by atoms with E-state index in [4.69, 9.17) is 23.2 Å². The van der Waals surface area contributed by atoms with Crippen LogP contribution < -0.4 is 9.80 Å². The molecule has 0 aromatic heterocycles. The predicted molar refractivity (Wildman–Crippen MR) is 128 cm³/mol. The third-order valence-corrected chi connectivity index (χ3v) is 7.13. The van der Waals surface area contributed by atoms with Gasteiger partial charge in [-0.05, 0) is 73.9 Å². The van der Waals surface area contributed by atoms with Crippen molar-refractivity contribution in [2.45, 2.75) is 44.2 Å². The molecule has 1 saturated carbocycles. The lowest BCUT2D eigenvalue weighted by molar-refractivity contribution is 0.253. The van der Waals surface area contributed by atoms with Gasteiger partial charge >= 0.3 is 6.03 Å². The van der Waals surface area contributed by atoms with Crippen LogP contribution >= 0.6 is 23.2 Å². The minimum absolute atomic E-state index is 0.00180. The largest absolute Gasteiger partial charge is 0.330 e. The Labute approximate surface area is 193 Å². The number of hydrogen-bond acceptors (Lipinski definition) is 1. The van der Waals surface area contributed by atoms with Gasteiger partial charge in [0.05, 0.1) is 11.6 Å².